The molecule has 1 rings (SSSR count). The second-order valence-corrected chi connectivity index (χ2v) is 12.5. The first-order valence-electron chi connectivity index (χ1n) is 5.71. The molecule has 5 heteroatoms. The van der Waals surface area contributed by atoms with E-state index in [1.54, 1.807) is 0 Å². The van der Waals surface area contributed by atoms with Crippen LogP contribution in [0.1, 0.15) is 34.1 Å². The molecule has 2 atom stereocenters. The highest BCUT2D eigenvalue weighted by atomic mass is 28.5. The molecule has 2 unspecified atom stereocenters. The summed E-state index contributed by atoms with van der Waals surface area (Å²) >= 11 is 0. The van der Waals surface area contributed by atoms with E-state index in [0.29, 0.717) is 5.54 Å². The molecule has 0 N–H and O–H groups in total. The first kappa shape index (κ1) is 13.4. The Bertz CT molecular complexity index is 225. The minimum absolute atomic E-state index is 0.474. The van der Waals surface area contributed by atoms with E-state index in [0.717, 1.165) is 6.42 Å². The van der Waals surface area contributed by atoms with Gasteiger partial charge in [0.2, 0.25) is 0 Å². The van der Waals surface area contributed by atoms with E-state index in [4.69, 9.17) is 13.0 Å². The van der Waals surface area contributed by atoms with Crippen molar-refractivity contribution < 1.29 is 13.0 Å². The van der Waals surface area contributed by atoms with Gasteiger partial charge in [-0.25, -0.2) is 0 Å². The van der Waals surface area contributed by atoms with Gasteiger partial charge in [-0.2, -0.15) is 0 Å². The maximum absolute atomic E-state index is 6.18. The summed E-state index contributed by atoms with van der Waals surface area (Å²) in [6.07, 6.45) is 1.10. The summed E-state index contributed by atoms with van der Waals surface area (Å²) < 4.78 is 18.1. The van der Waals surface area contributed by atoms with Gasteiger partial charge in [0.1, 0.15) is 5.79 Å². The monoisotopic (exact) mass is 248 g/mol. The minimum Gasteiger partial charge on any atom is -0.415 e. The third-order valence-corrected chi connectivity index (χ3v) is 10.6. The van der Waals surface area contributed by atoms with E-state index >= 15 is 0 Å². The zero-order valence-corrected chi connectivity index (χ0v) is 13.0. The quantitative estimate of drug-likeness (QED) is 0.701. The van der Waals surface area contributed by atoms with E-state index < -0.39 is 22.9 Å². The Morgan fingerprint density at radius 2 is 1.67 bits per heavy atom. The van der Waals surface area contributed by atoms with Gasteiger partial charge >= 0.3 is 17.1 Å². The molecule has 0 aromatic carbocycles. The zero-order chi connectivity index (χ0) is 11.9. The van der Waals surface area contributed by atoms with Gasteiger partial charge in [0, 0.05) is 0 Å². The van der Waals surface area contributed by atoms with Crippen molar-refractivity contribution in [2.45, 2.75) is 65.1 Å². The molecule has 0 aromatic heterocycles. The molecule has 0 saturated carbocycles. The fourth-order valence-electron chi connectivity index (χ4n) is 2.20. The van der Waals surface area contributed by atoms with Gasteiger partial charge in [-0.05, 0) is 39.0 Å². The molecular weight excluding hydrogens is 224 g/mol. The van der Waals surface area contributed by atoms with Gasteiger partial charge in [-0.1, -0.05) is 20.3 Å². The van der Waals surface area contributed by atoms with Crippen LogP contribution in [0.5, 0.6) is 0 Å². The van der Waals surface area contributed by atoms with Gasteiger partial charge in [0.15, 0.2) is 0 Å². The van der Waals surface area contributed by atoms with Crippen molar-refractivity contribution in [2.75, 3.05) is 0 Å². The Balaban J connectivity index is 2.92. The van der Waals surface area contributed by atoms with Crippen molar-refractivity contribution in [1.82, 2.24) is 0 Å². The molecule has 0 amide bonds. The fourth-order valence-corrected chi connectivity index (χ4v) is 10.5. The lowest BCUT2D eigenvalue weighted by molar-refractivity contribution is -0.142. The minimum atomic E-state index is -2.07. The first-order chi connectivity index (χ1) is 6.60. The maximum atomic E-state index is 6.18. The lowest BCUT2D eigenvalue weighted by Gasteiger charge is -2.50. The maximum Gasteiger partial charge on any atom is 0.331 e. The lowest BCUT2D eigenvalue weighted by Crippen LogP contribution is -2.64. The molecule has 1 fully saturated rings. The topological polar surface area (TPSA) is 27.7 Å². The van der Waals surface area contributed by atoms with Crippen LogP contribution >= 0.6 is 0 Å². The van der Waals surface area contributed by atoms with E-state index in [2.05, 4.69) is 33.5 Å². The molecule has 0 aromatic rings. The number of rotatable bonds is 2. The van der Waals surface area contributed by atoms with Crippen LogP contribution in [-0.2, 0) is 13.0 Å². The van der Waals surface area contributed by atoms with E-state index in [1.807, 2.05) is 13.8 Å². The van der Waals surface area contributed by atoms with Crippen LogP contribution < -0.4 is 0 Å². The molecule has 15 heavy (non-hydrogen) atoms. The average Bonchev–Trinajstić information content (AvgIpc) is 1.95. The Hall–Kier alpha value is 0.314. The molecular formula is C10H24O3Si2. The summed E-state index contributed by atoms with van der Waals surface area (Å²) in [6, 6.07) is 0. The summed E-state index contributed by atoms with van der Waals surface area (Å²) in [7, 11) is -4.08. The van der Waals surface area contributed by atoms with E-state index in [1.165, 1.54) is 0 Å². The van der Waals surface area contributed by atoms with Crippen LogP contribution in [0.2, 0.25) is 25.2 Å². The smallest absolute Gasteiger partial charge is 0.331 e. The lowest BCUT2D eigenvalue weighted by atomic mass is 10.4. The van der Waals surface area contributed by atoms with Crippen molar-refractivity contribution in [3.63, 3.8) is 0 Å². The largest absolute Gasteiger partial charge is 0.415 e. The molecule has 1 aliphatic heterocycles. The van der Waals surface area contributed by atoms with E-state index in [-0.39, 0.29) is 0 Å². The molecule has 0 spiro atoms. The summed E-state index contributed by atoms with van der Waals surface area (Å²) in [6.45, 7) is 14.8. The second kappa shape index (κ2) is 3.96. The highest BCUT2D eigenvalue weighted by Gasteiger charge is 2.53. The predicted molar refractivity (Wildman–Crippen MR) is 66.1 cm³/mol. The highest BCUT2D eigenvalue weighted by molar-refractivity contribution is 6.81. The third-order valence-electron chi connectivity index (χ3n) is 2.90. The van der Waals surface area contributed by atoms with Crippen LogP contribution in [0.4, 0.5) is 0 Å². The normalized spacial score (nSPS) is 36.2. The predicted octanol–water partition coefficient (Wildman–Crippen LogP) is 3.36. The molecule has 1 aliphatic rings. The molecule has 3 nitrogen and oxygen atoms in total. The van der Waals surface area contributed by atoms with Crippen molar-refractivity contribution in [3.05, 3.63) is 0 Å². The molecule has 1 saturated heterocycles. The number of hydrogen-bond acceptors (Lipinski definition) is 3. The van der Waals surface area contributed by atoms with Crippen molar-refractivity contribution in [3.8, 4) is 0 Å². The first-order valence-corrected chi connectivity index (χ1v) is 10.9. The van der Waals surface area contributed by atoms with Crippen LogP contribution in [0.15, 0.2) is 0 Å². The van der Waals surface area contributed by atoms with Gasteiger partial charge in [0.05, 0.1) is 0 Å². The SMILES string of the molecule is CCC(C)[Si]1(C)OC(C)(C)O[Si](C)(C)O1. The summed E-state index contributed by atoms with van der Waals surface area (Å²) in [5.41, 5.74) is 0.507. The Labute approximate surface area is 95.6 Å². The standard InChI is InChI=1S/C10H24O3Si2/c1-8-9(2)15(7)12-10(3,4)11-14(5,6)13-15/h9H,8H2,1-7H3. The van der Waals surface area contributed by atoms with Crippen LogP contribution in [0.3, 0.4) is 0 Å². The fraction of sp³-hybridized carbons (Fsp3) is 1.00. The Kier molecular flexibility index (Phi) is 3.53. The molecule has 1 heterocycles. The summed E-state index contributed by atoms with van der Waals surface area (Å²) in [5.74, 6) is -0.474. The van der Waals surface area contributed by atoms with Crippen molar-refractivity contribution >= 4 is 17.1 Å². The number of hydrogen-bond donors (Lipinski definition) is 0. The summed E-state index contributed by atoms with van der Waals surface area (Å²) in [5, 5.41) is 0. The Morgan fingerprint density at radius 1 is 1.13 bits per heavy atom. The van der Waals surface area contributed by atoms with Crippen LogP contribution in [0, 0.1) is 0 Å². The van der Waals surface area contributed by atoms with Crippen molar-refractivity contribution in [1.29, 1.82) is 0 Å². The Morgan fingerprint density at radius 3 is 2.07 bits per heavy atom. The van der Waals surface area contributed by atoms with Gasteiger partial charge in [0.25, 0.3) is 0 Å². The summed E-state index contributed by atoms with van der Waals surface area (Å²) in [4.78, 5) is 0. The zero-order valence-electron chi connectivity index (χ0n) is 11.0. The van der Waals surface area contributed by atoms with E-state index in [9.17, 15) is 0 Å². The molecule has 0 aliphatic carbocycles. The molecule has 0 radical (unpaired) electrons. The average molecular weight is 248 g/mol. The molecule has 90 valence electrons. The van der Waals surface area contributed by atoms with Gasteiger partial charge < -0.3 is 13.0 Å². The van der Waals surface area contributed by atoms with Crippen LogP contribution in [0.25, 0.3) is 0 Å². The third kappa shape index (κ3) is 3.13. The van der Waals surface area contributed by atoms with Crippen LogP contribution in [-0.4, -0.2) is 22.9 Å². The van der Waals surface area contributed by atoms with Gasteiger partial charge in [-0.15, -0.1) is 0 Å². The van der Waals surface area contributed by atoms with Gasteiger partial charge in [-0.3, -0.25) is 0 Å². The van der Waals surface area contributed by atoms with Crippen molar-refractivity contribution in [2.24, 2.45) is 0 Å². The second-order valence-electron chi connectivity index (χ2n) is 5.43. The molecule has 0 bridgehead atoms. The highest BCUT2D eigenvalue weighted by Crippen LogP contribution is 2.39.